The third-order valence-electron chi connectivity index (χ3n) is 5.33. The first-order valence-electron chi connectivity index (χ1n) is 9.75. The maximum Gasteiger partial charge on any atom is 0.410 e. The maximum atomic E-state index is 12.4. The fourth-order valence-electron chi connectivity index (χ4n) is 3.72. The number of ether oxygens (including phenoxy) is 1. The summed E-state index contributed by atoms with van der Waals surface area (Å²) in [5, 5.41) is 9.34. The highest BCUT2D eigenvalue weighted by Crippen LogP contribution is 2.28. The van der Waals surface area contributed by atoms with Crippen molar-refractivity contribution in [3.63, 3.8) is 0 Å². The fraction of sp³-hybridized carbons (Fsp3) is 0.400. The summed E-state index contributed by atoms with van der Waals surface area (Å²) in [6.45, 7) is 3.02. The van der Waals surface area contributed by atoms with Gasteiger partial charge in [0, 0.05) is 38.3 Å². The van der Waals surface area contributed by atoms with Gasteiger partial charge in [-0.3, -0.25) is 0 Å². The molecule has 0 radical (unpaired) electrons. The molecule has 2 aliphatic heterocycles. The van der Waals surface area contributed by atoms with Gasteiger partial charge >= 0.3 is 12.2 Å². The van der Waals surface area contributed by atoms with Crippen molar-refractivity contribution >= 4 is 29.6 Å². The number of carboxylic acid groups (broad SMARTS) is 1. The summed E-state index contributed by atoms with van der Waals surface area (Å²) >= 11 is 6.11. The SMILES string of the molecule is O=C(O)N1CCc2c(nc(Cl)nc2N2CCN(C(=O)OCc3ccccc3)CC2)C1. The van der Waals surface area contributed by atoms with E-state index < -0.39 is 6.09 Å². The molecular formula is C20H22ClN5O4. The number of halogens is 1. The van der Waals surface area contributed by atoms with E-state index in [1.165, 1.54) is 4.90 Å². The lowest BCUT2D eigenvalue weighted by Crippen LogP contribution is -2.49. The van der Waals surface area contributed by atoms with Gasteiger partial charge in [-0.25, -0.2) is 19.6 Å². The number of carbonyl (C=O) groups is 2. The lowest BCUT2D eigenvalue weighted by atomic mass is 10.1. The van der Waals surface area contributed by atoms with Gasteiger partial charge < -0.3 is 24.5 Å². The summed E-state index contributed by atoms with van der Waals surface area (Å²) < 4.78 is 5.41. The first-order valence-corrected chi connectivity index (χ1v) is 10.1. The van der Waals surface area contributed by atoms with E-state index in [1.807, 2.05) is 30.3 Å². The first-order chi connectivity index (χ1) is 14.5. The lowest BCUT2D eigenvalue weighted by molar-refractivity contribution is 0.0941. The molecule has 4 rings (SSSR count). The summed E-state index contributed by atoms with van der Waals surface area (Å²) in [4.78, 5) is 37.4. The molecule has 30 heavy (non-hydrogen) atoms. The number of aromatic nitrogens is 2. The number of benzene rings is 1. The minimum atomic E-state index is -0.973. The Bertz CT molecular complexity index is 934. The average Bonchev–Trinajstić information content (AvgIpc) is 2.77. The van der Waals surface area contributed by atoms with Crippen LogP contribution >= 0.6 is 11.6 Å². The molecule has 2 amide bonds. The normalized spacial score (nSPS) is 16.2. The van der Waals surface area contributed by atoms with Crippen LogP contribution in [-0.4, -0.2) is 69.8 Å². The summed E-state index contributed by atoms with van der Waals surface area (Å²) in [5.74, 6) is 0.729. The van der Waals surface area contributed by atoms with E-state index in [4.69, 9.17) is 16.3 Å². The minimum Gasteiger partial charge on any atom is -0.465 e. The van der Waals surface area contributed by atoms with Gasteiger partial charge in [0.15, 0.2) is 0 Å². The molecule has 1 N–H and O–H groups in total. The highest BCUT2D eigenvalue weighted by Gasteiger charge is 2.29. The van der Waals surface area contributed by atoms with Gasteiger partial charge in [-0.2, -0.15) is 0 Å². The van der Waals surface area contributed by atoms with Crippen molar-refractivity contribution in [1.29, 1.82) is 0 Å². The predicted octanol–water partition coefficient (Wildman–Crippen LogP) is 2.62. The van der Waals surface area contributed by atoms with E-state index >= 15 is 0 Å². The molecule has 10 heteroatoms. The molecule has 1 saturated heterocycles. The Kier molecular flexibility index (Phi) is 5.89. The molecule has 2 aromatic rings. The van der Waals surface area contributed by atoms with Crippen LogP contribution in [-0.2, 0) is 24.3 Å². The van der Waals surface area contributed by atoms with Gasteiger partial charge in [-0.15, -0.1) is 0 Å². The Hall–Kier alpha value is -3.07. The zero-order valence-corrected chi connectivity index (χ0v) is 17.1. The number of nitrogens with zero attached hydrogens (tertiary/aromatic N) is 5. The quantitative estimate of drug-likeness (QED) is 0.745. The second-order valence-corrected chi connectivity index (χ2v) is 7.55. The Morgan fingerprint density at radius 1 is 1.03 bits per heavy atom. The van der Waals surface area contributed by atoms with Gasteiger partial charge in [0.25, 0.3) is 0 Å². The van der Waals surface area contributed by atoms with Crippen LogP contribution in [0.3, 0.4) is 0 Å². The topological polar surface area (TPSA) is 99.1 Å². The molecular weight excluding hydrogens is 410 g/mol. The van der Waals surface area contributed by atoms with Crippen LogP contribution in [0, 0.1) is 0 Å². The summed E-state index contributed by atoms with van der Waals surface area (Å²) in [6, 6.07) is 9.57. The van der Waals surface area contributed by atoms with E-state index in [0.29, 0.717) is 44.8 Å². The Labute approximate surface area is 178 Å². The zero-order chi connectivity index (χ0) is 21.1. The molecule has 158 valence electrons. The van der Waals surface area contributed by atoms with E-state index in [9.17, 15) is 14.7 Å². The number of rotatable bonds is 3. The predicted molar refractivity (Wildman–Crippen MR) is 110 cm³/mol. The molecule has 0 bridgehead atoms. The average molecular weight is 432 g/mol. The number of piperazine rings is 1. The van der Waals surface area contributed by atoms with Crippen LogP contribution < -0.4 is 4.90 Å². The van der Waals surface area contributed by atoms with Crippen LogP contribution in [0.15, 0.2) is 30.3 Å². The van der Waals surface area contributed by atoms with Crippen molar-refractivity contribution in [2.75, 3.05) is 37.6 Å². The molecule has 2 aliphatic rings. The number of amides is 2. The van der Waals surface area contributed by atoms with Crippen molar-refractivity contribution in [2.45, 2.75) is 19.6 Å². The standard InChI is InChI=1S/C20H22ClN5O4/c21-18-22-16-12-26(19(27)28)7-6-15(16)17(23-18)24-8-10-25(11-9-24)20(29)30-13-14-4-2-1-3-5-14/h1-5H,6-13H2,(H,27,28). The van der Waals surface area contributed by atoms with Crippen LogP contribution in [0.2, 0.25) is 5.28 Å². The molecule has 0 spiro atoms. The summed E-state index contributed by atoms with van der Waals surface area (Å²) in [7, 11) is 0. The van der Waals surface area contributed by atoms with Gasteiger partial charge in [0.05, 0.1) is 12.2 Å². The number of anilines is 1. The van der Waals surface area contributed by atoms with Crippen LogP contribution in [0.5, 0.6) is 0 Å². The van der Waals surface area contributed by atoms with Crippen LogP contribution in [0.4, 0.5) is 15.4 Å². The first kappa shape index (κ1) is 20.2. The lowest BCUT2D eigenvalue weighted by Gasteiger charge is -2.37. The van der Waals surface area contributed by atoms with E-state index in [1.54, 1.807) is 4.90 Å². The second kappa shape index (κ2) is 8.74. The highest BCUT2D eigenvalue weighted by molar-refractivity contribution is 6.28. The summed E-state index contributed by atoms with van der Waals surface area (Å²) in [5.41, 5.74) is 2.52. The van der Waals surface area contributed by atoms with Gasteiger partial charge in [-0.1, -0.05) is 30.3 Å². The van der Waals surface area contributed by atoms with E-state index in [2.05, 4.69) is 14.9 Å². The fourth-order valence-corrected chi connectivity index (χ4v) is 3.90. The molecule has 0 unspecified atom stereocenters. The molecule has 1 aromatic heterocycles. The molecule has 9 nitrogen and oxygen atoms in total. The Balaban J connectivity index is 1.38. The van der Waals surface area contributed by atoms with E-state index in [0.717, 1.165) is 16.9 Å². The Morgan fingerprint density at radius 3 is 2.47 bits per heavy atom. The molecule has 0 atom stereocenters. The molecule has 0 saturated carbocycles. The number of hydrogen-bond acceptors (Lipinski definition) is 6. The molecule has 0 aliphatic carbocycles. The highest BCUT2D eigenvalue weighted by atomic mass is 35.5. The van der Waals surface area contributed by atoms with Crippen molar-refractivity contribution in [3.05, 3.63) is 52.4 Å². The molecule has 3 heterocycles. The van der Waals surface area contributed by atoms with E-state index in [-0.39, 0.29) is 24.5 Å². The van der Waals surface area contributed by atoms with Gasteiger partial charge in [0.1, 0.15) is 12.4 Å². The van der Waals surface area contributed by atoms with Crippen molar-refractivity contribution in [2.24, 2.45) is 0 Å². The third-order valence-corrected chi connectivity index (χ3v) is 5.50. The maximum absolute atomic E-state index is 12.4. The smallest absolute Gasteiger partial charge is 0.410 e. The molecule has 1 aromatic carbocycles. The van der Waals surface area contributed by atoms with Gasteiger partial charge in [-0.05, 0) is 23.6 Å². The second-order valence-electron chi connectivity index (χ2n) is 7.21. The Morgan fingerprint density at radius 2 is 1.77 bits per heavy atom. The summed E-state index contributed by atoms with van der Waals surface area (Å²) in [6.07, 6.45) is -0.772. The zero-order valence-electron chi connectivity index (χ0n) is 16.3. The van der Waals surface area contributed by atoms with Crippen molar-refractivity contribution in [1.82, 2.24) is 19.8 Å². The van der Waals surface area contributed by atoms with Crippen LogP contribution in [0.1, 0.15) is 16.8 Å². The van der Waals surface area contributed by atoms with Crippen LogP contribution in [0.25, 0.3) is 0 Å². The monoisotopic (exact) mass is 431 g/mol. The number of fused-ring (bicyclic) bond motifs is 1. The number of hydrogen-bond donors (Lipinski definition) is 1. The van der Waals surface area contributed by atoms with Gasteiger partial charge in [0.2, 0.25) is 5.28 Å². The van der Waals surface area contributed by atoms with Crippen molar-refractivity contribution in [3.8, 4) is 0 Å². The molecule has 1 fully saturated rings. The largest absolute Gasteiger partial charge is 0.465 e. The third kappa shape index (κ3) is 4.40. The number of carbonyl (C=O) groups excluding carboxylic acids is 1. The minimum absolute atomic E-state index is 0.0979. The van der Waals surface area contributed by atoms with Crippen molar-refractivity contribution < 1.29 is 19.4 Å².